The standard InChI is InChI=1S/C9H9FN2O3/c10-6-3-5(1-2-8(6)12-15)4-7(11)9(13)14/h1-3,7H,4,11H2,(H,13,14). The number of carboxylic acid groups (broad SMARTS) is 1. The molecule has 80 valence electrons. The van der Waals surface area contributed by atoms with Crippen LogP contribution in [0.15, 0.2) is 23.4 Å². The second-order valence-electron chi connectivity index (χ2n) is 3.03. The number of nitroso groups, excluding NO2 is 1. The molecule has 0 aliphatic heterocycles. The predicted octanol–water partition coefficient (Wildman–Crippen LogP) is 1.18. The zero-order chi connectivity index (χ0) is 11.4. The zero-order valence-electron chi connectivity index (χ0n) is 7.68. The average Bonchev–Trinajstić information content (AvgIpc) is 2.18. The molecule has 0 radical (unpaired) electrons. The first-order valence-electron chi connectivity index (χ1n) is 4.14. The van der Waals surface area contributed by atoms with E-state index in [1.54, 1.807) is 0 Å². The van der Waals surface area contributed by atoms with Gasteiger partial charge in [-0.05, 0) is 29.3 Å². The van der Waals surface area contributed by atoms with E-state index in [1.165, 1.54) is 12.1 Å². The van der Waals surface area contributed by atoms with E-state index in [9.17, 15) is 14.1 Å². The van der Waals surface area contributed by atoms with Crippen LogP contribution in [0.1, 0.15) is 5.56 Å². The molecule has 1 rings (SSSR count). The number of carbonyl (C=O) groups is 1. The summed E-state index contributed by atoms with van der Waals surface area (Å²) in [6.45, 7) is 0. The van der Waals surface area contributed by atoms with Gasteiger partial charge in [-0.25, -0.2) is 4.39 Å². The Kier molecular flexibility index (Phi) is 3.46. The highest BCUT2D eigenvalue weighted by atomic mass is 19.1. The minimum Gasteiger partial charge on any atom is -0.480 e. The van der Waals surface area contributed by atoms with Crippen molar-refractivity contribution in [1.82, 2.24) is 0 Å². The number of nitrogens with two attached hydrogens (primary N) is 1. The molecule has 5 nitrogen and oxygen atoms in total. The van der Waals surface area contributed by atoms with Gasteiger partial charge in [0.25, 0.3) is 0 Å². The van der Waals surface area contributed by atoms with Crippen molar-refractivity contribution in [2.45, 2.75) is 12.5 Å². The topological polar surface area (TPSA) is 92.8 Å². The van der Waals surface area contributed by atoms with Crippen molar-refractivity contribution in [2.24, 2.45) is 10.9 Å². The molecule has 0 aliphatic carbocycles. The maximum absolute atomic E-state index is 13.0. The Labute approximate surface area is 84.7 Å². The van der Waals surface area contributed by atoms with E-state index < -0.39 is 17.8 Å². The van der Waals surface area contributed by atoms with Crippen LogP contribution < -0.4 is 5.73 Å². The van der Waals surface area contributed by atoms with E-state index >= 15 is 0 Å². The van der Waals surface area contributed by atoms with E-state index in [0.29, 0.717) is 5.56 Å². The Morgan fingerprint density at radius 3 is 2.73 bits per heavy atom. The fraction of sp³-hybridized carbons (Fsp3) is 0.222. The van der Waals surface area contributed by atoms with Crippen molar-refractivity contribution in [1.29, 1.82) is 0 Å². The molecule has 0 amide bonds. The molecule has 0 aliphatic rings. The first-order valence-corrected chi connectivity index (χ1v) is 4.14. The summed E-state index contributed by atoms with van der Waals surface area (Å²) in [6.07, 6.45) is 0.00535. The predicted molar refractivity (Wildman–Crippen MR) is 51.2 cm³/mol. The minimum absolute atomic E-state index is 0.00535. The molecular formula is C9H9FN2O3. The first-order chi connectivity index (χ1) is 7.04. The summed E-state index contributed by atoms with van der Waals surface area (Å²) in [7, 11) is 0. The summed E-state index contributed by atoms with van der Waals surface area (Å²) in [5.74, 6) is -1.94. The molecule has 1 aromatic rings. The van der Waals surface area contributed by atoms with Gasteiger partial charge >= 0.3 is 5.97 Å². The van der Waals surface area contributed by atoms with Gasteiger partial charge in [-0.3, -0.25) is 4.79 Å². The number of hydrogen-bond acceptors (Lipinski definition) is 4. The van der Waals surface area contributed by atoms with Crippen molar-refractivity contribution in [3.63, 3.8) is 0 Å². The van der Waals surface area contributed by atoms with Gasteiger partial charge in [-0.15, -0.1) is 4.91 Å². The Balaban J connectivity index is 2.84. The molecule has 3 N–H and O–H groups in total. The van der Waals surface area contributed by atoms with E-state index in [-0.39, 0.29) is 12.1 Å². The summed E-state index contributed by atoms with van der Waals surface area (Å²) >= 11 is 0. The molecule has 0 heterocycles. The lowest BCUT2D eigenvalue weighted by Crippen LogP contribution is -2.32. The molecule has 6 heteroatoms. The zero-order valence-corrected chi connectivity index (χ0v) is 7.68. The average molecular weight is 212 g/mol. The Morgan fingerprint density at radius 1 is 1.60 bits per heavy atom. The van der Waals surface area contributed by atoms with Gasteiger partial charge in [0.1, 0.15) is 11.7 Å². The quantitative estimate of drug-likeness (QED) is 0.733. The molecule has 0 bridgehead atoms. The number of halogens is 1. The van der Waals surface area contributed by atoms with Crippen LogP contribution in [0.2, 0.25) is 0 Å². The van der Waals surface area contributed by atoms with Crippen molar-refractivity contribution >= 4 is 11.7 Å². The van der Waals surface area contributed by atoms with E-state index in [2.05, 4.69) is 5.18 Å². The molecule has 1 unspecified atom stereocenters. The maximum atomic E-state index is 13.0. The smallest absolute Gasteiger partial charge is 0.320 e. The van der Waals surface area contributed by atoms with Gasteiger partial charge in [0.15, 0.2) is 5.82 Å². The van der Waals surface area contributed by atoms with Gasteiger partial charge in [0.05, 0.1) is 0 Å². The van der Waals surface area contributed by atoms with Crippen LogP contribution in [0.25, 0.3) is 0 Å². The lowest BCUT2D eigenvalue weighted by molar-refractivity contribution is -0.138. The third kappa shape index (κ3) is 2.81. The Morgan fingerprint density at radius 2 is 2.27 bits per heavy atom. The summed E-state index contributed by atoms with van der Waals surface area (Å²) in [6, 6.07) is 2.58. The molecule has 0 fully saturated rings. The number of benzene rings is 1. The second-order valence-corrected chi connectivity index (χ2v) is 3.03. The van der Waals surface area contributed by atoms with Crippen molar-refractivity contribution in [2.75, 3.05) is 0 Å². The van der Waals surface area contributed by atoms with Gasteiger partial charge in [0.2, 0.25) is 0 Å². The highest BCUT2D eigenvalue weighted by molar-refractivity contribution is 5.73. The van der Waals surface area contributed by atoms with Crippen molar-refractivity contribution < 1.29 is 14.3 Å². The van der Waals surface area contributed by atoms with Gasteiger partial charge in [-0.1, -0.05) is 6.07 Å². The number of aliphatic carboxylic acids is 1. The number of carboxylic acids is 1. The normalized spacial score (nSPS) is 12.1. The van der Waals surface area contributed by atoms with Gasteiger partial charge < -0.3 is 10.8 Å². The van der Waals surface area contributed by atoms with Gasteiger partial charge in [-0.2, -0.15) is 0 Å². The summed E-state index contributed by atoms with van der Waals surface area (Å²) in [5.41, 5.74) is 5.37. The molecule has 0 saturated carbocycles. The van der Waals surface area contributed by atoms with Crippen LogP contribution in [-0.2, 0) is 11.2 Å². The fourth-order valence-electron chi connectivity index (χ4n) is 1.09. The Hall–Kier alpha value is -1.82. The molecule has 0 saturated heterocycles. The number of nitrogens with zero attached hydrogens (tertiary/aromatic N) is 1. The van der Waals surface area contributed by atoms with E-state index in [4.69, 9.17) is 10.8 Å². The molecule has 15 heavy (non-hydrogen) atoms. The van der Waals surface area contributed by atoms with Crippen LogP contribution in [0.5, 0.6) is 0 Å². The molecule has 1 atom stereocenters. The third-order valence-electron chi connectivity index (χ3n) is 1.88. The monoisotopic (exact) mass is 212 g/mol. The molecule has 0 aromatic heterocycles. The SMILES string of the molecule is NC(Cc1ccc(N=O)c(F)c1)C(=O)O. The van der Waals surface area contributed by atoms with Crippen LogP contribution in [-0.4, -0.2) is 17.1 Å². The van der Waals surface area contributed by atoms with Crippen molar-refractivity contribution in [3.05, 3.63) is 34.5 Å². The number of hydrogen-bond donors (Lipinski definition) is 2. The molecular weight excluding hydrogens is 203 g/mol. The lowest BCUT2D eigenvalue weighted by atomic mass is 10.1. The highest BCUT2D eigenvalue weighted by Gasteiger charge is 2.13. The van der Waals surface area contributed by atoms with Crippen LogP contribution in [0.4, 0.5) is 10.1 Å². The second kappa shape index (κ2) is 4.61. The van der Waals surface area contributed by atoms with Crippen molar-refractivity contribution in [3.8, 4) is 0 Å². The summed E-state index contributed by atoms with van der Waals surface area (Å²) in [4.78, 5) is 20.5. The van der Waals surface area contributed by atoms with E-state index in [0.717, 1.165) is 6.07 Å². The molecule has 1 aromatic carbocycles. The van der Waals surface area contributed by atoms with Crippen LogP contribution >= 0.6 is 0 Å². The maximum Gasteiger partial charge on any atom is 0.320 e. The highest BCUT2D eigenvalue weighted by Crippen LogP contribution is 2.18. The largest absolute Gasteiger partial charge is 0.480 e. The first kappa shape index (κ1) is 11.3. The summed E-state index contributed by atoms with van der Waals surface area (Å²) < 4.78 is 13.0. The summed E-state index contributed by atoms with van der Waals surface area (Å²) in [5, 5.41) is 11.0. The lowest BCUT2D eigenvalue weighted by Gasteiger charge is -2.06. The van der Waals surface area contributed by atoms with Crippen LogP contribution in [0.3, 0.4) is 0 Å². The number of rotatable bonds is 4. The van der Waals surface area contributed by atoms with Gasteiger partial charge in [0, 0.05) is 0 Å². The molecule has 0 spiro atoms. The van der Waals surface area contributed by atoms with E-state index in [1.807, 2.05) is 0 Å². The van der Waals surface area contributed by atoms with Crippen LogP contribution in [0, 0.1) is 10.7 Å². The minimum atomic E-state index is -1.16. The fourth-order valence-corrected chi connectivity index (χ4v) is 1.09. The third-order valence-corrected chi connectivity index (χ3v) is 1.88. The Bertz CT molecular complexity index is 395.